The van der Waals surface area contributed by atoms with Crippen molar-refractivity contribution in [3.05, 3.63) is 47.8 Å². The van der Waals surface area contributed by atoms with Crippen molar-refractivity contribution in [1.82, 2.24) is 19.9 Å². The van der Waals surface area contributed by atoms with Gasteiger partial charge in [0.1, 0.15) is 0 Å². The van der Waals surface area contributed by atoms with Crippen LogP contribution < -0.4 is 0 Å². The van der Waals surface area contributed by atoms with E-state index in [-0.39, 0.29) is 0 Å². The van der Waals surface area contributed by atoms with Gasteiger partial charge in [-0.15, -0.1) is 0 Å². The standard InChI is InChI=1S/C16H22N4O/c1-13-16(19-12-18-13)10-20-8-5-15(6-9-20)21-11-14-4-2-3-7-17-14/h2-4,7,12,15H,5-6,8-11H2,1H3,(H,18,19). The van der Waals surface area contributed by atoms with Crippen LogP contribution in [0.1, 0.15) is 29.9 Å². The smallest absolute Gasteiger partial charge is 0.0925 e. The van der Waals surface area contributed by atoms with Crippen LogP contribution in [0, 0.1) is 6.92 Å². The molecule has 5 nitrogen and oxygen atoms in total. The van der Waals surface area contributed by atoms with Gasteiger partial charge in [0, 0.05) is 31.5 Å². The van der Waals surface area contributed by atoms with Crippen molar-refractivity contribution < 1.29 is 4.74 Å². The fraction of sp³-hybridized carbons (Fsp3) is 0.500. The molecule has 0 aromatic carbocycles. The van der Waals surface area contributed by atoms with Gasteiger partial charge in [-0.05, 0) is 31.9 Å². The normalized spacial score (nSPS) is 17.2. The van der Waals surface area contributed by atoms with Crippen LogP contribution in [0.25, 0.3) is 0 Å². The largest absolute Gasteiger partial charge is 0.372 e. The van der Waals surface area contributed by atoms with Crippen molar-refractivity contribution >= 4 is 0 Å². The number of aromatic amines is 1. The van der Waals surface area contributed by atoms with E-state index in [1.807, 2.05) is 24.4 Å². The molecule has 1 saturated heterocycles. The van der Waals surface area contributed by atoms with Crippen LogP contribution in [0.4, 0.5) is 0 Å². The first-order valence-electron chi connectivity index (χ1n) is 7.54. The van der Waals surface area contributed by atoms with Crippen LogP contribution in [0.5, 0.6) is 0 Å². The molecular formula is C16H22N4O. The maximum absolute atomic E-state index is 5.97. The van der Waals surface area contributed by atoms with Gasteiger partial charge in [0.15, 0.2) is 0 Å². The van der Waals surface area contributed by atoms with Gasteiger partial charge >= 0.3 is 0 Å². The van der Waals surface area contributed by atoms with Crippen molar-refractivity contribution in [3.63, 3.8) is 0 Å². The van der Waals surface area contributed by atoms with Crippen molar-refractivity contribution in [1.29, 1.82) is 0 Å². The van der Waals surface area contributed by atoms with Crippen LogP contribution in [0.15, 0.2) is 30.7 Å². The number of pyridine rings is 1. The first-order chi connectivity index (χ1) is 10.3. The third-order valence-corrected chi connectivity index (χ3v) is 4.04. The predicted molar refractivity (Wildman–Crippen MR) is 80.6 cm³/mol. The maximum Gasteiger partial charge on any atom is 0.0925 e. The molecular weight excluding hydrogens is 264 g/mol. The van der Waals surface area contributed by atoms with E-state index < -0.39 is 0 Å². The van der Waals surface area contributed by atoms with Crippen LogP contribution in [0.3, 0.4) is 0 Å². The molecule has 0 saturated carbocycles. The summed E-state index contributed by atoms with van der Waals surface area (Å²) in [7, 11) is 0. The Kier molecular flexibility index (Phi) is 4.62. The molecule has 0 aliphatic carbocycles. The number of ether oxygens (including phenoxy) is 1. The lowest BCUT2D eigenvalue weighted by molar-refractivity contribution is -0.00543. The van der Waals surface area contributed by atoms with E-state index in [4.69, 9.17) is 4.74 Å². The van der Waals surface area contributed by atoms with Crippen LogP contribution in [-0.4, -0.2) is 39.0 Å². The highest BCUT2D eigenvalue weighted by atomic mass is 16.5. The van der Waals surface area contributed by atoms with Gasteiger partial charge in [0.2, 0.25) is 0 Å². The van der Waals surface area contributed by atoms with Crippen molar-refractivity contribution in [3.8, 4) is 0 Å². The Morgan fingerprint density at radius 1 is 1.29 bits per heavy atom. The Bertz CT molecular complexity index is 546. The van der Waals surface area contributed by atoms with E-state index in [0.717, 1.165) is 43.9 Å². The number of nitrogens with one attached hydrogen (secondary N) is 1. The minimum absolute atomic E-state index is 0.350. The number of imidazole rings is 1. The summed E-state index contributed by atoms with van der Waals surface area (Å²) in [4.78, 5) is 14.2. The van der Waals surface area contributed by atoms with E-state index in [1.165, 1.54) is 5.69 Å². The van der Waals surface area contributed by atoms with Gasteiger partial charge in [-0.1, -0.05) is 6.07 Å². The first kappa shape index (κ1) is 14.2. The molecule has 2 aromatic heterocycles. The van der Waals surface area contributed by atoms with Gasteiger partial charge < -0.3 is 9.72 Å². The van der Waals surface area contributed by atoms with Crippen molar-refractivity contribution in [2.24, 2.45) is 0 Å². The van der Waals surface area contributed by atoms with E-state index in [9.17, 15) is 0 Å². The van der Waals surface area contributed by atoms with Gasteiger partial charge in [0.05, 0.1) is 30.4 Å². The summed E-state index contributed by atoms with van der Waals surface area (Å²) >= 11 is 0. The van der Waals surface area contributed by atoms with Gasteiger partial charge in [-0.3, -0.25) is 9.88 Å². The maximum atomic E-state index is 5.97. The molecule has 1 aliphatic heterocycles. The minimum atomic E-state index is 0.350. The number of aryl methyl sites for hydroxylation is 1. The molecule has 3 rings (SSSR count). The molecule has 3 heterocycles. The number of hydrogen-bond acceptors (Lipinski definition) is 4. The second kappa shape index (κ2) is 6.83. The highest BCUT2D eigenvalue weighted by Crippen LogP contribution is 2.17. The summed E-state index contributed by atoms with van der Waals surface area (Å²) in [6.07, 6.45) is 6.09. The Labute approximate surface area is 125 Å². The van der Waals surface area contributed by atoms with Crippen LogP contribution in [0.2, 0.25) is 0 Å². The summed E-state index contributed by atoms with van der Waals surface area (Å²) in [6.45, 7) is 5.76. The summed E-state index contributed by atoms with van der Waals surface area (Å²) in [5, 5.41) is 0. The van der Waals surface area contributed by atoms with Crippen molar-refractivity contribution in [2.45, 2.75) is 39.0 Å². The summed E-state index contributed by atoms with van der Waals surface area (Å²) in [5.74, 6) is 0. The summed E-state index contributed by atoms with van der Waals surface area (Å²) < 4.78 is 5.97. The molecule has 1 fully saturated rings. The van der Waals surface area contributed by atoms with E-state index in [1.54, 1.807) is 6.33 Å². The SMILES string of the molecule is Cc1[nH]cnc1CN1CCC(OCc2ccccn2)CC1. The lowest BCUT2D eigenvalue weighted by Crippen LogP contribution is -2.36. The zero-order chi connectivity index (χ0) is 14.5. The Morgan fingerprint density at radius 3 is 2.81 bits per heavy atom. The molecule has 0 bridgehead atoms. The molecule has 21 heavy (non-hydrogen) atoms. The van der Waals surface area contributed by atoms with E-state index in [0.29, 0.717) is 12.7 Å². The van der Waals surface area contributed by atoms with E-state index in [2.05, 4.69) is 26.8 Å². The van der Waals surface area contributed by atoms with Gasteiger partial charge in [0.25, 0.3) is 0 Å². The van der Waals surface area contributed by atoms with Gasteiger partial charge in [-0.25, -0.2) is 4.98 Å². The third kappa shape index (κ3) is 3.89. The second-order valence-corrected chi connectivity index (χ2v) is 5.58. The van der Waals surface area contributed by atoms with Crippen LogP contribution >= 0.6 is 0 Å². The average Bonchev–Trinajstić information content (AvgIpc) is 2.93. The topological polar surface area (TPSA) is 54.0 Å². The number of likely N-dealkylation sites (tertiary alicyclic amines) is 1. The molecule has 0 spiro atoms. The molecule has 1 aliphatic rings. The monoisotopic (exact) mass is 286 g/mol. The molecule has 0 atom stereocenters. The molecule has 2 aromatic rings. The first-order valence-corrected chi connectivity index (χ1v) is 7.54. The highest BCUT2D eigenvalue weighted by Gasteiger charge is 2.20. The Hall–Kier alpha value is -1.72. The number of rotatable bonds is 5. The Balaban J connectivity index is 1.42. The number of H-pyrrole nitrogens is 1. The van der Waals surface area contributed by atoms with Crippen LogP contribution in [-0.2, 0) is 17.9 Å². The second-order valence-electron chi connectivity index (χ2n) is 5.58. The number of hydrogen-bond donors (Lipinski definition) is 1. The molecule has 112 valence electrons. The third-order valence-electron chi connectivity index (χ3n) is 4.04. The fourth-order valence-electron chi connectivity index (χ4n) is 2.68. The number of aromatic nitrogens is 3. The highest BCUT2D eigenvalue weighted by molar-refractivity contribution is 5.08. The fourth-order valence-corrected chi connectivity index (χ4v) is 2.68. The summed E-state index contributed by atoms with van der Waals surface area (Å²) in [6, 6.07) is 5.94. The lowest BCUT2D eigenvalue weighted by Gasteiger charge is -2.31. The van der Waals surface area contributed by atoms with Crippen molar-refractivity contribution in [2.75, 3.05) is 13.1 Å². The lowest BCUT2D eigenvalue weighted by atomic mass is 10.1. The molecule has 1 N–H and O–H groups in total. The van der Waals surface area contributed by atoms with Gasteiger partial charge in [-0.2, -0.15) is 0 Å². The zero-order valence-corrected chi connectivity index (χ0v) is 12.5. The molecule has 0 amide bonds. The molecule has 0 unspecified atom stereocenters. The molecule has 5 heteroatoms. The molecule has 0 radical (unpaired) electrons. The number of piperidine rings is 1. The average molecular weight is 286 g/mol. The predicted octanol–water partition coefficient (Wildman–Crippen LogP) is 2.29. The minimum Gasteiger partial charge on any atom is -0.372 e. The quantitative estimate of drug-likeness (QED) is 0.916. The Morgan fingerprint density at radius 2 is 2.14 bits per heavy atom. The zero-order valence-electron chi connectivity index (χ0n) is 12.5. The summed E-state index contributed by atoms with van der Waals surface area (Å²) in [5.41, 5.74) is 3.33. The number of nitrogens with zero attached hydrogens (tertiary/aromatic N) is 3. The van der Waals surface area contributed by atoms with E-state index >= 15 is 0 Å².